The second-order valence-electron chi connectivity index (χ2n) is 3.43. The number of benzene rings is 1. The van der Waals surface area contributed by atoms with Crippen molar-refractivity contribution in [3.05, 3.63) is 56.6 Å². The zero-order chi connectivity index (χ0) is 12.4. The minimum Gasteiger partial charge on any atom is -0.429 e. The van der Waals surface area contributed by atoms with Crippen molar-refractivity contribution >= 4 is 35.0 Å². The highest BCUT2D eigenvalue weighted by atomic mass is 35.5. The summed E-state index contributed by atoms with van der Waals surface area (Å²) in [6, 6.07) is 7.85. The van der Waals surface area contributed by atoms with E-state index >= 15 is 0 Å². The summed E-state index contributed by atoms with van der Waals surface area (Å²) < 4.78 is 4.65. The van der Waals surface area contributed by atoms with E-state index in [-0.39, 0.29) is 5.02 Å². The smallest absolute Gasteiger partial charge is 0.355 e. The fourth-order valence-corrected chi connectivity index (χ4v) is 2.62. The van der Waals surface area contributed by atoms with Crippen molar-refractivity contribution in [3.8, 4) is 0 Å². The third-order valence-corrected chi connectivity index (χ3v) is 4.09. The van der Waals surface area contributed by atoms with Gasteiger partial charge < -0.3 is 4.42 Å². The first-order valence-electron chi connectivity index (χ1n) is 4.79. The molecule has 2 aromatic rings. The van der Waals surface area contributed by atoms with Crippen LogP contribution in [0.15, 0.2) is 49.5 Å². The van der Waals surface area contributed by atoms with Gasteiger partial charge in [0.05, 0.1) is 9.92 Å². The Balaban J connectivity index is 2.39. The Labute approximate surface area is 113 Å². The molecule has 0 amide bonds. The average Bonchev–Trinajstić information content (AvgIpc) is 2.32. The number of hydrogen-bond donors (Lipinski definition) is 0. The number of rotatable bonds is 2. The van der Waals surface area contributed by atoms with Gasteiger partial charge in [-0.05, 0) is 19.1 Å². The van der Waals surface area contributed by atoms with Crippen LogP contribution in [0.2, 0.25) is 10.0 Å². The molecule has 0 unspecified atom stereocenters. The van der Waals surface area contributed by atoms with Crippen molar-refractivity contribution in [2.75, 3.05) is 0 Å². The lowest BCUT2D eigenvalue weighted by molar-refractivity contribution is 0.506. The third kappa shape index (κ3) is 2.86. The first-order chi connectivity index (χ1) is 8.08. The molecule has 0 bridgehead atoms. The Morgan fingerprint density at radius 3 is 2.47 bits per heavy atom. The standard InChI is InChI=1S/C12H8Cl2O2S/c1-7-2-4-8(5-3-7)17-11-9(13)6-16-12(15)10(11)14/h2-6H,1H3. The van der Waals surface area contributed by atoms with Crippen molar-refractivity contribution < 1.29 is 4.42 Å². The van der Waals surface area contributed by atoms with E-state index in [1.165, 1.54) is 23.6 Å². The number of aryl methyl sites for hydroxylation is 1. The molecule has 2 nitrogen and oxygen atoms in total. The minimum absolute atomic E-state index is 0.0167. The first-order valence-corrected chi connectivity index (χ1v) is 6.36. The fraction of sp³-hybridized carbons (Fsp3) is 0.0833. The summed E-state index contributed by atoms with van der Waals surface area (Å²) in [5, 5.41) is 0.350. The quantitative estimate of drug-likeness (QED) is 0.819. The lowest BCUT2D eigenvalue weighted by Gasteiger charge is -2.05. The van der Waals surface area contributed by atoms with Crippen LogP contribution >= 0.6 is 35.0 Å². The van der Waals surface area contributed by atoms with Crippen molar-refractivity contribution in [1.29, 1.82) is 0 Å². The summed E-state index contributed by atoms with van der Waals surface area (Å²) in [5.74, 6) is 0. The molecule has 5 heteroatoms. The molecule has 0 aliphatic carbocycles. The van der Waals surface area contributed by atoms with Crippen molar-refractivity contribution in [2.45, 2.75) is 16.7 Å². The minimum atomic E-state index is -0.578. The highest BCUT2D eigenvalue weighted by Crippen LogP contribution is 2.36. The van der Waals surface area contributed by atoms with Crippen LogP contribution in [0.25, 0.3) is 0 Å². The van der Waals surface area contributed by atoms with Gasteiger partial charge in [0.2, 0.25) is 0 Å². The zero-order valence-corrected chi connectivity index (χ0v) is 11.2. The van der Waals surface area contributed by atoms with Gasteiger partial charge in [0, 0.05) is 4.90 Å². The lowest BCUT2D eigenvalue weighted by Crippen LogP contribution is -1.99. The molecule has 88 valence electrons. The van der Waals surface area contributed by atoms with Crippen molar-refractivity contribution in [3.63, 3.8) is 0 Å². The summed E-state index contributed by atoms with van der Waals surface area (Å²) in [7, 11) is 0. The monoisotopic (exact) mass is 286 g/mol. The normalized spacial score (nSPS) is 10.5. The van der Waals surface area contributed by atoms with Gasteiger partial charge in [0.15, 0.2) is 0 Å². The van der Waals surface area contributed by atoms with E-state index in [1.807, 2.05) is 31.2 Å². The van der Waals surface area contributed by atoms with Crippen LogP contribution in [0.3, 0.4) is 0 Å². The van der Waals surface area contributed by atoms with Gasteiger partial charge in [-0.1, -0.05) is 52.7 Å². The summed E-state index contributed by atoms with van der Waals surface area (Å²) in [4.78, 5) is 12.8. The first kappa shape index (κ1) is 12.6. The molecule has 0 saturated heterocycles. The zero-order valence-electron chi connectivity index (χ0n) is 8.87. The third-order valence-electron chi connectivity index (χ3n) is 2.11. The highest BCUT2D eigenvalue weighted by Gasteiger charge is 2.12. The molecule has 0 aliphatic rings. The van der Waals surface area contributed by atoms with Crippen LogP contribution in [-0.4, -0.2) is 0 Å². The fourth-order valence-electron chi connectivity index (χ4n) is 1.23. The Kier molecular flexibility index (Phi) is 3.82. The molecule has 0 fully saturated rings. The molecule has 0 aliphatic heterocycles. The predicted octanol–water partition coefficient (Wildman–Crippen LogP) is 4.41. The molecule has 0 N–H and O–H groups in total. The molecule has 2 rings (SSSR count). The Bertz CT molecular complexity index is 590. The lowest BCUT2D eigenvalue weighted by atomic mass is 10.2. The maximum absolute atomic E-state index is 11.3. The Hall–Kier alpha value is -0.900. The van der Waals surface area contributed by atoms with Gasteiger partial charge in [0.25, 0.3) is 0 Å². The number of hydrogen-bond acceptors (Lipinski definition) is 3. The van der Waals surface area contributed by atoms with Crippen LogP contribution in [-0.2, 0) is 0 Å². The molecule has 0 spiro atoms. The molecule has 0 radical (unpaired) electrons. The Morgan fingerprint density at radius 1 is 1.18 bits per heavy atom. The predicted molar refractivity (Wildman–Crippen MR) is 70.3 cm³/mol. The van der Waals surface area contributed by atoms with Crippen LogP contribution in [0.4, 0.5) is 0 Å². The van der Waals surface area contributed by atoms with Gasteiger partial charge in [0.1, 0.15) is 11.3 Å². The van der Waals surface area contributed by atoms with Gasteiger partial charge in [-0.25, -0.2) is 4.79 Å². The molecular formula is C12H8Cl2O2S. The molecule has 0 saturated carbocycles. The summed E-state index contributed by atoms with van der Waals surface area (Å²) in [6.45, 7) is 2.01. The van der Waals surface area contributed by atoms with Crippen molar-refractivity contribution in [2.24, 2.45) is 0 Å². The van der Waals surface area contributed by atoms with Crippen LogP contribution in [0, 0.1) is 6.92 Å². The van der Waals surface area contributed by atoms with Gasteiger partial charge in [-0.3, -0.25) is 0 Å². The van der Waals surface area contributed by atoms with E-state index in [2.05, 4.69) is 4.42 Å². The van der Waals surface area contributed by atoms with Gasteiger partial charge >= 0.3 is 5.63 Å². The molecular weight excluding hydrogens is 279 g/mol. The van der Waals surface area contributed by atoms with E-state index < -0.39 is 5.63 Å². The largest absolute Gasteiger partial charge is 0.429 e. The van der Waals surface area contributed by atoms with Crippen LogP contribution in [0.5, 0.6) is 0 Å². The second-order valence-corrected chi connectivity index (χ2v) is 5.30. The van der Waals surface area contributed by atoms with E-state index in [4.69, 9.17) is 23.2 Å². The Morgan fingerprint density at radius 2 is 1.82 bits per heavy atom. The summed E-state index contributed by atoms with van der Waals surface area (Å²) in [6.07, 6.45) is 1.20. The van der Waals surface area contributed by atoms with Gasteiger partial charge in [-0.15, -0.1) is 0 Å². The van der Waals surface area contributed by atoms with E-state index in [0.717, 1.165) is 4.90 Å². The summed E-state index contributed by atoms with van der Waals surface area (Å²) in [5.41, 5.74) is 0.588. The molecule has 0 atom stereocenters. The van der Waals surface area contributed by atoms with Crippen molar-refractivity contribution in [1.82, 2.24) is 0 Å². The van der Waals surface area contributed by atoms with E-state index in [9.17, 15) is 4.79 Å². The van der Waals surface area contributed by atoms with E-state index in [1.54, 1.807) is 0 Å². The summed E-state index contributed by atoms with van der Waals surface area (Å²) >= 11 is 13.2. The molecule has 17 heavy (non-hydrogen) atoms. The van der Waals surface area contributed by atoms with Gasteiger partial charge in [-0.2, -0.15) is 0 Å². The van der Waals surface area contributed by atoms with Crippen LogP contribution < -0.4 is 5.63 Å². The maximum atomic E-state index is 11.3. The second kappa shape index (κ2) is 5.17. The van der Waals surface area contributed by atoms with Crippen LogP contribution in [0.1, 0.15) is 5.56 Å². The molecule has 1 heterocycles. The maximum Gasteiger partial charge on any atom is 0.355 e. The number of halogens is 2. The average molecular weight is 287 g/mol. The SMILES string of the molecule is Cc1ccc(Sc2c(Cl)coc(=O)c2Cl)cc1. The molecule has 1 aromatic carbocycles. The van der Waals surface area contributed by atoms with E-state index in [0.29, 0.717) is 9.92 Å². The molecule has 1 aromatic heterocycles. The highest BCUT2D eigenvalue weighted by molar-refractivity contribution is 7.99. The topological polar surface area (TPSA) is 30.2 Å².